The summed E-state index contributed by atoms with van der Waals surface area (Å²) >= 11 is 5.89. The second-order valence-corrected chi connectivity index (χ2v) is 4.43. The number of nitrogens with zero attached hydrogens (tertiary/aromatic N) is 2. The normalized spacial score (nSPS) is 10.6. The van der Waals surface area contributed by atoms with Gasteiger partial charge in [-0.2, -0.15) is 0 Å². The number of rotatable bonds is 2. The van der Waals surface area contributed by atoms with E-state index in [2.05, 4.69) is 10.1 Å². The molecule has 0 spiro atoms. The van der Waals surface area contributed by atoms with Crippen LogP contribution in [-0.4, -0.2) is 10.1 Å². The Hall–Kier alpha value is -2.33. The molecule has 3 rings (SSSR count). The number of hydrogen-bond donors (Lipinski definition) is 1. The molecule has 0 fully saturated rings. The first-order valence-electron chi connectivity index (χ1n) is 5.68. The molecule has 0 aliphatic heterocycles. The molecule has 0 bridgehead atoms. The van der Waals surface area contributed by atoms with Gasteiger partial charge in [0.05, 0.1) is 11.3 Å². The summed E-state index contributed by atoms with van der Waals surface area (Å²) in [7, 11) is 0. The van der Waals surface area contributed by atoms with Crippen LogP contribution >= 0.6 is 11.6 Å². The Kier molecular flexibility index (Phi) is 2.93. The summed E-state index contributed by atoms with van der Waals surface area (Å²) in [5.41, 5.74) is 8.82. The van der Waals surface area contributed by atoms with Gasteiger partial charge in [-0.25, -0.2) is 0 Å². The number of pyridine rings is 1. The quantitative estimate of drug-likeness (QED) is 0.773. The van der Waals surface area contributed by atoms with E-state index in [0.717, 1.165) is 11.1 Å². The first-order chi connectivity index (χ1) is 9.25. The molecular formula is C14H10ClN3O. The fourth-order valence-corrected chi connectivity index (χ4v) is 2.00. The molecule has 2 aromatic heterocycles. The van der Waals surface area contributed by atoms with Crippen LogP contribution in [0.1, 0.15) is 0 Å². The van der Waals surface area contributed by atoms with Crippen LogP contribution < -0.4 is 5.73 Å². The van der Waals surface area contributed by atoms with Crippen LogP contribution in [0.4, 0.5) is 5.88 Å². The fourth-order valence-electron chi connectivity index (χ4n) is 1.88. The summed E-state index contributed by atoms with van der Waals surface area (Å²) < 4.78 is 5.09. The third kappa shape index (κ3) is 2.18. The van der Waals surface area contributed by atoms with E-state index in [1.54, 1.807) is 18.3 Å². The molecule has 0 atom stereocenters. The van der Waals surface area contributed by atoms with E-state index in [1.165, 1.54) is 0 Å². The molecule has 2 N–H and O–H groups in total. The zero-order chi connectivity index (χ0) is 13.2. The Morgan fingerprint density at radius 1 is 1.05 bits per heavy atom. The lowest BCUT2D eigenvalue weighted by atomic mass is 10.0. The van der Waals surface area contributed by atoms with Crippen molar-refractivity contribution in [3.63, 3.8) is 0 Å². The number of hydrogen-bond acceptors (Lipinski definition) is 4. The van der Waals surface area contributed by atoms with Crippen LogP contribution in [-0.2, 0) is 0 Å². The molecule has 0 saturated carbocycles. The van der Waals surface area contributed by atoms with Crippen LogP contribution in [0, 0.1) is 0 Å². The predicted octanol–water partition coefficient (Wildman–Crippen LogP) is 3.64. The minimum Gasteiger partial charge on any atom is -0.367 e. The molecule has 19 heavy (non-hydrogen) atoms. The largest absolute Gasteiger partial charge is 0.367 e. The number of nitrogen functional groups attached to an aromatic ring is 1. The van der Waals surface area contributed by atoms with Crippen molar-refractivity contribution in [2.75, 3.05) is 5.73 Å². The third-order valence-electron chi connectivity index (χ3n) is 2.76. The first kappa shape index (κ1) is 11.7. The maximum atomic E-state index is 5.89. The van der Waals surface area contributed by atoms with Crippen molar-refractivity contribution in [3.05, 3.63) is 53.7 Å². The van der Waals surface area contributed by atoms with Gasteiger partial charge in [-0.3, -0.25) is 4.98 Å². The van der Waals surface area contributed by atoms with Crippen molar-refractivity contribution in [3.8, 4) is 22.5 Å². The second-order valence-electron chi connectivity index (χ2n) is 3.99. The molecule has 0 aliphatic rings. The van der Waals surface area contributed by atoms with Crippen LogP contribution in [0.2, 0.25) is 5.02 Å². The van der Waals surface area contributed by atoms with Crippen molar-refractivity contribution in [2.24, 2.45) is 0 Å². The van der Waals surface area contributed by atoms with E-state index >= 15 is 0 Å². The number of benzene rings is 1. The van der Waals surface area contributed by atoms with Crippen molar-refractivity contribution < 1.29 is 4.52 Å². The van der Waals surface area contributed by atoms with Gasteiger partial charge >= 0.3 is 0 Å². The SMILES string of the molecule is Nc1onc(-c2ccccn2)c1-c1ccc(Cl)cc1. The maximum Gasteiger partial charge on any atom is 0.230 e. The predicted molar refractivity (Wildman–Crippen MR) is 74.6 cm³/mol. The monoisotopic (exact) mass is 271 g/mol. The Bertz CT molecular complexity index is 692. The van der Waals surface area contributed by atoms with Crippen LogP contribution in [0.5, 0.6) is 0 Å². The Morgan fingerprint density at radius 3 is 2.53 bits per heavy atom. The number of aromatic nitrogens is 2. The smallest absolute Gasteiger partial charge is 0.230 e. The summed E-state index contributed by atoms with van der Waals surface area (Å²) in [6.07, 6.45) is 1.70. The summed E-state index contributed by atoms with van der Waals surface area (Å²) in [6.45, 7) is 0. The van der Waals surface area contributed by atoms with Crippen LogP contribution in [0.3, 0.4) is 0 Å². The van der Waals surface area contributed by atoms with Gasteiger partial charge < -0.3 is 10.3 Å². The van der Waals surface area contributed by atoms with Crippen molar-refractivity contribution in [1.82, 2.24) is 10.1 Å². The van der Waals surface area contributed by atoms with E-state index in [9.17, 15) is 0 Å². The zero-order valence-corrected chi connectivity index (χ0v) is 10.6. The van der Waals surface area contributed by atoms with E-state index in [4.69, 9.17) is 21.9 Å². The average molecular weight is 272 g/mol. The Labute approximate surface area is 114 Å². The van der Waals surface area contributed by atoms with Gasteiger partial charge in [0.15, 0.2) is 0 Å². The van der Waals surface area contributed by atoms with Crippen molar-refractivity contribution >= 4 is 17.5 Å². The van der Waals surface area contributed by atoms with Gasteiger partial charge in [-0.15, -0.1) is 0 Å². The topological polar surface area (TPSA) is 64.9 Å². The van der Waals surface area contributed by atoms with E-state index < -0.39 is 0 Å². The highest BCUT2D eigenvalue weighted by atomic mass is 35.5. The summed E-state index contributed by atoms with van der Waals surface area (Å²) in [6, 6.07) is 12.9. The highest BCUT2D eigenvalue weighted by molar-refractivity contribution is 6.30. The third-order valence-corrected chi connectivity index (χ3v) is 3.01. The molecule has 0 saturated heterocycles. The maximum absolute atomic E-state index is 5.89. The molecular weight excluding hydrogens is 262 g/mol. The van der Waals surface area contributed by atoms with Gasteiger partial charge in [0.25, 0.3) is 0 Å². The summed E-state index contributed by atoms with van der Waals surface area (Å²) in [4.78, 5) is 4.26. The summed E-state index contributed by atoms with van der Waals surface area (Å²) in [5.74, 6) is 0.267. The minimum absolute atomic E-state index is 0.267. The molecule has 0 amide bonds. The van der Waals surface area contributed by atoms with E-state index in [0.29, 0.717) is 16.4 Å². The van der Waals surface area contributed by atoms with Gasteiger partial charge in [0.2, 0.25) is 5.88 Å². The zero-order valence-electron chi connectivity index (χ0n) is 9.88. The molecule has 1 aromatic carbocycles. The molecule has 94 valence electrons. The highest BCUT2D eigenvalue weighted by Crippen LogP contribution is 2.35. The van der Waals surface area contributed by atoms with Gasteiger partial charge in [0.1, 0.15) is 5.69 Å². The molecule has 3 aromatic rings. The van der Waals surface area contributed by atoms with Gasteiger partial charge in [0, 0.05) is 11.2 Å². The van der Waals surface area contributed by atoms with Crippen molar-refractivity contribution in [1.29, 1.82) is 0 Å². The Morgan fingerprint density at radius 2 is 1.84 bits per heavy atom. The first-order valence-corrected chi connectivity index (χ1v) is 6.06. The van der Waals surface area contributed by atoms with Crippen LogP contribution in [0.15, 0.2) is 53.2 Å². The lowest BCUT2D eigenvalue weighted by Gasteiger charge is -2.02. The molecule has 2 heterocycles. The van der Waals surface area contributed by atoms with Gasteiger partial charge in [-0.05, 0) is 29.8 Å². The molecule has 4 nitrogen and oxygen atoms in total. The minimum atomic E-state index is 0.267. The number of nitrogens with two attached hydrogens (primary N) is 1. The standard InChI is InChI=1S/C14H10ClN3O/c15-10-6-4-9(5-7-10)12-13(18-19-14(12)16)11-3-1-2-8-17-11/h1-8H,16H2. The van der Waals surface area contributed by atoms with Crippen LogP contribution in [0.25, 0.3) is 22.5 Å². The fraction of sp³-hybridized carbons (Fsp3) is 0. The molecule has 0 aliphatic carbocycles. The summed E-state index contributed by atoms with van der Waals surface area (Å²) in [5, 5.41) is 4.65. The highest BCUT2D eigenvalue weighted by Gasteiger charge is 2.17. The van der Waals surface area contributed by atoms with Gasteiger partial charge in [-0.1, -0.05) is 35.0 Å². The second kappa shape index (κ2) is 4.74. The van der Waals surface area contributed by atoms with Crippen molar-refractivity contribution in [2.45, 2.75) is 0 Å². The molecule has 0 unspecified atom stereocenters. The number of anilines is 1. The molecule has 5 heteroatoms. The average Bonchev–Trinajstić information content (AvgIpc) is 2.83. The lowest BCUT2D eigenvalue weighted by Crippen LogP contribution is -1.89. The van der Waals surface area contributed by atoms with E-state index in [-0.39, 0.29) is 5.88 Å². The lowest BCUT2D eigenvalue weighted by molar-refractivity contribution is 0.439. The van der Waals surface area contributed by atoms with E-state index in [1.807, 2.05) is 30.3 Å². The Balaban J connectivity index is 2.17. The molecule has 0 radical (unpaired) electrons. The number of halogens is 1.